The van der Waals surface area contributed by atoms with Crippen LogP contribution in [0.2, 0.25) is 0 Å². The summed E-state index contributed by atoms with van der Waals surface area (Å²) < 4.78 is 0. The molecule has 3 nitrogen and oxygen atoms in total. The quantitative estimate of drug-likeness (QED) is 0.829. The van der Waals surface area contributed by atoms with Crippen LogP contribution < -0.4 is 5.32 Å². The Morgan fingerprint density at radius 2 is 1.88 bits per heavy atom. The van der Waals surface area contributed by atoms with Gasteiger partial charge in [-0.25, -0.2) is 9.97 Å². The van der Waals surface area contributed by atoms with Gasteiger partial charge in [-0.15, -0.1) is 0 Å². The Bertz CT molecular complexity index is 345. The minimum Gasteiger partial charge on any atom is -0.370 e. The molecule has 1 aromatic heterocycles. The summed E-state index contributed by atoms with van der Waals surface area (Å²) in [5.41, 5.74) is 2.37. The molecule has 0 unspecified atom stereocenters. The molecule has 0 aliphatic rings. The van der Waals surface area contributed by atoms with E-state index in [1.165, 1.54) is 5.56 Å². The van der Waals surface area contributed by atoms with Crippen molar-refractivity contribution < 1.29 is 0 Å². The molecule has 90 valence electrons. The number of aryl methyl sites for hydroxylation is 2. The van der Waals surface area contributed by atoms with Crippen LogP contribution in [0.25, 0.3) is 0 Å². The molecule has 0 aliphatic carbocycles. The number of anilines is 1. The number of rotatable bonds is 5. The molecule has 0 radical (unpaired) electrons. The van der Waals surface area contributed by atoms with E-state index in [0.717, 1.165) is 36.7 Å². The third-order valence-electron chi connectivity index (χ3n) is 2.62. The monoisotopic (exact) mass is 221 g/mol. The van der Waals surface area contributed by atoms with Crippen LogP contribution in [0, 0.1) is 6.92 Å². The van der Waals surface area contributed by atoms with E-state index in [1.54, 1.807) is 0 Å². The van der Waals surface area contributed by atoms with Gasteiger partial charge < -0.3 is 5.32 Å². The highest BCUT2D eigenvalue weighted by Crippen LogP contribution is 2.25. The van der Waals surface area contributed by atoms with Gasteiger partial charge >= 0.3 is 0 Å². The molecule has 3 heteroatoms. The summed E-state index contributed by atoms with van der Waals surface area (Å²) in [6.45, 7) is 11.7. The largest absolute Gasteiger partial charge is 0.370 e. The molecular weight excluding hydrogens is 198 g/mol. The molecule has 0 aromatic carbocycles. The lowest BCUT2D eigenvalue weighted by molar-refractivity contribution is 0.802. The van der Waals surface area contributed by atoms with Crippen molar-refractivity contribution in [2.45, 2.75) is 53.4 Å². The van der Waals surface area contributed by atoms with Crippen LogP contribution in [0.1, 0.15) is 57.1 Å². The van der Waals surface area contributed by atoms with Crippen molar-refractivity contribution in [1.82, 2.24) is 9.97 Å². The predicted molar refractivity (Wildman–Crippen MR) is 69.0 cm³/mol. The van der Waals surface area contributed by atoms with Crippen LogP contribution in [-0.4, -0.2) is 16.5 Å². The average Bonchev–Trinajstić information content (AvgIpc) is 2.24. The Balaban J connectivity index is 3.12. The van der Waals surface area contributed by atoms with Crippen molar-refractivity contribution in [3.63, 3.8) is 0 Å². The molecular formula is C13H23N3. The molecule has 1 rings (SSSR count). The summed E-state index contributed by atoms with van der Waals surface area (Å²) >= 11 is 0. The second-order valence-electron chi connectivity index (χ2n) is 4.42. The minimum absolute atomic E-state index is 0.463. The van der Waals surface area contributed by atoms with E-state index in [0.29, 0.717) is 5.92 Å². The fourth-order valence-electron chi connectivity index (χ4n) is 1.87. The Kier molecular flexibility index (Phi) is 4.71. The number of hydrogen-bond acceptors (Lipinski definition) is 3. The van der Waals surface area contributed by atoms with E-state index in [-0.39, 0.29) is 0 Å². The van der Waals surface area contributed by atoms with E-state index in [1.807, 2.05) is 0 Å². The lowest BCUT2D eigenvalue weighted by Crippen LogP contribution is -2.11. The zero-order chi connectivity index (χ0) is 12.1. The first kappa shape index (κ1) is 12.9. The molecule has 0 spiro atoms. The summed E-state index contributed by atoms with van der Waals surface area (Å²) in [6, 6.07) is 0. The van der Waals surface area contributed by atoms with Crippen molar-refractivity contribution in [1.29, 1.82) is 0 Å². The number of aromatic nitrogens is 2. The second kappa shape index (κ2) is 5.83. The Hall–Kier alpha value is -1.12. The molecule has 1 N–H and O–H groups in total. The van der Waals surface area contributed by atoms with Crippen molar-refractivity contribution in [2.75, 3.05) is 11.9 Å². The molecule has 16 heavy (non-hydrogen) atoms. The van der Waals surface area contributed by atoms with Gasteiger partial charge in [-0.3, -0.25) is 0 Å². The van der Waals surface area contributed by atoms with E-state index in [2.05, 4.69) is 49.9 Å². The molecule has 0 bridgehead atoms. The van der Waals surface area contributed by atoms with Crippen LogP contribution in [0.4, 0.5) is 5.82 Å². The van der Waals surface area contributed by atoms with Gasteiger partial charge in [0, 0.05) is 24.2 Å². The maximum absolute atomic E-state index is 4.59. The summed E-state index contributed by atoms with van der Waals surface area (Å²) in [4.78, 5) is 9.12. The summed E-state index contributed by atoms with van der Waals surface area (Å²) in [7, 11) is 0. The van der Waals surface area contributed by atoms with Gasteiger partial charge in [-0.05, 0) is 19.3 Å². The van der Waals surface area contributed by atoms with E-state index in [9.17, 15) is 0 Å². The highest BCUT2D eigenvalue weighted by molar-refractivity contribution is 5.48. The van der Waals surface area contributed by atoms with Crippen LogP contribution >= 0.6 is 0 Å². The molecule has 0 atom stereocenters. The molecule has 0 saturated carbocycles. The van der Waals surface area contributed by atoms with Crippen molar-refractivity contribution >= 4 is 5.82 Å². The van der Waals surface area contributed by atoms with Crippen LogP contribution in [0.5, 0.6) is 0 Å². The van der Waals surface area contributed by atoms with Gasteiger partial charge in [0.2, 0.25) is 0 Å². The Labute approximate surface area is 98.7 Å². The lowest BCUT2D eigenvalue weighted by atomic mass is 10.0. The van der Waals surface area contributed by atoms with Gasteiger partial charge in [0.1, 0.15) is 11.6 Å². The van der Waals surface area contributed by atoms with Crippen LogP contribution in [0.3, 0.4) is 0 Å². The van der Waals surface area contributed by atoms with Gasteiger partial charge in [0.15, 0.2) is 0 Å². The molecule has 0 fully saturated rings. The smallest absolute Gasteiger partial charge is 0.133 e. The van der Waals surface area contributed by atoms with Gasteiger partial charge in [0.25, 0.3) is 0 Å². The van der Waals surface area contributed by atoms with Crippen LogP contribution in [0.15, 0.2) is 0 Å². The van der Waals surface area contributed by atoms with E-state index < -0.39 is 0 Å². The number of hydrogen-bond donors (Lipinski definition) is 1. The summed E-state index contributed by atoms with van der Waals surface area (Å²) in [5, 5.41) is 3.41. The first-order valence-electron chi connectivity index (χ1n) is 6.21. The molecule has 1 aromatic rings. The highest BCUT2D eigenvalue weighted by atomic mass is 15.0. The lowest BCUT2D eigenvalue weighted by Gasteiger charge is -2.16. The van der Waals surface area contributed by atoms with Gasteiger partial charge in [-0.1, -0.05) is 27.7 Å². The maximum Gasteiger partial charge on any atom is 0.133 e. The number of nitrogens with zero attached hydrogens (tertiary/aromatic N) is 2. The topological polar surface area (TPSA) is 37.8 Å². The molecule has 0 amide bonds. The zero-order valence-electron chi connectivity index (χ0n) is 11.1. The SMILES string of the molecule is CCCNc1nc(CC)nc(C)c1C(C)C. The maximum atomic E-state index is 4.59. The standard InChI is InChI=1S/C13H23N3/c1-6-8-14-13-12(9(3)4)10(5)15-11(7-2)16-13/h9H,6-8H2,1-5H3,(H,14,15,16). The Morgan fingerprint density at radius 3 is 2.38 bits per heavy atom. The molecule has 1 heterocycles. The second-order valence-corrected chi connectivity index (χ2v) is 4.42. The fourth-order valence-corrected chi connectivity index (χ4v) is 1.87. The summed E-state index contributed by atoms with van der Waals surface area (Å²) in [6.07, 6.45) is 2.00. The third kappa shape index (κ3) is 2.94. The first-order chi connectivity index (χ1) is 7.60. The average molecular weight is 221 g/mol. The number of nitrogens with one attached hydrogen (secondary N) is 1. The normalized spacial score (nSPS) is 10.9. The van der Waals surface area contributed by atoms with Gasteiger partial charge in [0.05, 0.1) is 0 Å². The van der Waals surface area contributed by atoms with Crippen molar-refractivity contribution in [3.05, 3.63) is 17.1 Å². The fraction of sp³-hybridized carbons (Fsp3) is 0.692. The zero-order valence-corrected chi connectivity index (χ0v) is 11.1. The van der Waals surface area contributed by atoms with Crippen LogP contribution in [-0.2, 0) is 6.42 Å². The van der Waals surface area contributed by atoms with Crippen molar-refractivity contribution in [3.8, 4) is 0 Å². The predicted octanol–water partition coefficient (Wildman–Crippen LogP) is 3.29. The minimum atomic E-state index is 0.463. The van der Waals surface area contributed by atoms with E-state index >= 15 is 0 Å². The van der Waals surface area contributed by atoms with E-state index in [4.69, 9.17) is 0 Å². The first-order valence-corrected chi connectivity index (χ1v) is 6.21. The highest BCUT2D eigenvalue weighted by Gasteiger charge is 2.13. The third-order valence-corrected chi connectivity index (χ3v) is 2.62. The molecule has 0 saturated heterocycles. The molecule has 0 aliphatic heterocycles. The Morgan fingerprint density at radius 1 is 1.19 bits per heavy atom. The summed E-state index contributed by atoms with van der Waals surface area (Å²) in [5.74, 6) is 2.42. The van der Waals surface area contributed by atoms with Crippen molar-refractivity contribution in [2.24, 2.45) is 0 Å². The van der Waals surface area contributed by atoms with Gasteiger partial charge in [-0.2, -0.15) is 0 Å².